The monoisotopic (exact) mass is 263 g/mol. The van der Waals surface area contributed by atoms with Crippen LogP contribution in [0.4, 0.5) is 0 Å². The van der Waals surface area contributed by atoms with Crippen molar-refractivity contribution in [3.63, 3.8) is 0 Å². The normalized spacial score (nSPS) is 11.9. The number of nitrogens with one attached hydrogen (secondary N) is 1. The molecule has 0 unspecified atom stereocenters. The molecule has 108 valence electrons. The van der Waals surface area contributed by atoms with Gasteiger partial charge in [-0.05, 0) is 44.4 Å². The molecule has 0 aliphatic heterocycles. The largest absolute Gasteiger partial charge is 0.493 e. The van der Waals surface area contributed by atoms with Crippen molar-refractivity contribution >= 4 is 0 Å². The molecule has 1 rings (SSSR count). The Morgan fingerprint density at radius 1 is 1.16 bits per heavy atom. The summed E-state index contributed by atoms with van der Waals surface area (Å²) >= 11 is 0. The standard InChI is InChI=1S/C17H29NO/c1-6-14(7-2)13-19-16-10-8-9-15(11-16)12-18-17(3,4)5/h8-11,14,18H,6-7,12-13H2,1-5H3. The Bertz CT molecular complexity index is 364. The maximum atomic E-state index is 5.89. The molecule has 1 aromatic carbocycles. The molecular formula is C17H29NO. The first-order valence-electron chi connectivity index (χ1n) is 7.41. The third-order valence-corrected chi connectivity index (χ3v) is 3.36. The highest BCUT2D eigenvalue weighted by atomic mass is 16.5. The van der Waals surface area contributed by atoms with Gasteiger partial charge in [-0.25, -0.2) is 0 Å². The summed E-state index contributed by atoms with van der Waals surface area (Å²) in [5.41, 5.74) is 1.42. The third-order valence-electron chi connectivity index (χ3n) is 3.36. The number of hydrogen-bond acceptors (Lipinski definition) is 2. The van der Waals surface area contributed by atoms with Gasteiger partial charge in [-0.2, -0.15) is 0 Å². The molecule has 0 aliphatic carbocycles. The molecule has 0 radical (unpaired) electrons. The summed E-state index contributed by atoms with van der Waals surface area (Å²) in [6.07, 6.45) is 2.36. The average Bonchev–Trinajstić information content (AvgIpc) is 2.37. The van der Waals surface area contributed by atoms with E-state index in [0.717, 1.165) is 18.9 Å². The highest BCUT2D eigenvalue weighted by molar-refractivity contribution is 5.28. The Morgan fingerprint density at radius 3 is 2.42 bits per heavy atom. The van der Waals surface area contributed by atoms with Gasteiger partial charge in [0.1, 0.15) is 5.75 Å². The summed E-state index contributed by atoms with van der Waals surface area (Å²) in [7, 11) is 0. The quantitative estimate of drug-likeness (QED) is 0.787. The highest BCUT2D eigenvalue weighted by Crippen LogP contribution is 2.16. The van der Waals surface area contributed by atoms with Gasteiger partial charge >= 0.3 is 0 Å². The summed E-state index contributed by atoms with van der Waals surface area (Å²) in [5, 5.41) is 3.50. The number of benzene rings is 1. The molecule has 0 amide bonds. The zero-order valence-corrected chi connectivity index (χ0v) is 13.1. The second kappa shape index (κ2) is 7.54. The lowest BCUT2D eigenvalue weighted by molar-refractivity contribution is 0.240. The molecule has 0 spiro atoms. The van der Waals surface area contributed by atoms with Crippen LogP contribution >= 0.6 is 0 Å². The fourth-order valence-electron chi connectivity index (χ4n) is 1.85. The van der Waals surface area contributed by atoms with Gasteiger partial charge in [-0.15, -0.1) is 0 Å². The maximum Gasteiger partial charge on any atom is 0.119 e. The molecule has 0 saturated heterocycles. The van der Waals surface area contributed by atoms with E-state index in [9.17, 15) is 0 Å². The minimum atomic E-state index is 0.145. The lowest BCUT2D eigenvalue weighted by atomic mass is 10.1. The van der Waals surface area contributed by atoms with Crippen LogP contribution in [0, 0.1) is 5.92 Å². The SMILES string of the molecule is CCC(CC)COc1cccc(CNC(C)(C)C)c1. The number of ether oxygens (including phenoxy) is 1. The van der Waals surface area contributed by atoms with Crippen molar-refractivity contribution in [1.82, 2.24) is 5.32 Å². The molecule has 1 aromatic rings. The van der Waals surface area contributed by atoms with E-state index in [1.165, 1.54) is 18.4 Å². The van der Waals surface area contributed by atoms with Crippen LogP contribution < -0.4 is 10.1 Å². The summed E-state index contributed by atoms with van der Waals surface area (Å²) < 4.78 is 5.89. The van der Waals surface area contributed by atoms with Gasteiger partial charge in [0.25, 0.3) is 0 Å². The topological polar surface area (TPSA) is 21.3 Å². The van der Waals surface area contributed by atoms with Gasteiger partial charge in [-0.3, -0.25) is 0 Å². The Labute approximate surface area is 118 Å². The zero-order chi connectivity index (χ0) is 14.3. The second-order valence-corrected chi connectivity index (χ2v) is 6.24. The van der Waals surface area contributed by atoms with Crippen molar-refractivity contribution in [3.8, 4) is 5.75 Å². The molecule has 0 fully saturated rings. The summed E-state index contributed by atoms with van der Waals surface area (Å²) in [6.45, 7) is 12.7. The fourth-order valence-corrected chi connectivity index (χ4v) is 1.85. The van der Waals surface area contributed by atoms with Crippen LogP contribution in [0.3, 0.4) is 0 Å². The van der Waals surface area contributed by atoms with Gasteiger partial charge in [0.15, 0.2) is 0 Å². The summed E-state index contributed by atoms with van der Waals surface area (Å²) in [5.74, 6) is 1.65. The average molecular weight is 263 g/mol. The third kappa shape index (κ3) is 6.63. The van der Waals surface area contributed by atoms with Gasteiger partial charge in [-0.1, -0.05) is 38.8 Å². The molecule has 0 aliphatic rings. The van der Waals surface area contributed by atoms with E-state index in [0.29, 0.717) is 5.92 Å². The number of rotatable bonds is 7. The smallest absolute Gasteiger partial charge is 0.119 e. The van der Waals surface area contributed by atoms with Crippen LogP contribution in [0.1, 0.15) is 53.0 Å². The Kier molecular flexibility index (Phi) is 6.36. The van der Waals surface area contributed by atoms with E-state index in [1.807, 2.05) is 6.07 Å². The van der Waals surface area contributed by atoms with Crippen molar-refractivity contribution < 1.29 is 4.74 Å². The molecule has 0 saturated carbocycles. The van der Waals surface area contributed by atoms with Gasteiger partial charge < -0.3 is 10.1 Å². The van der Waals surface area contributed by atoms with E-state index in [1.54, 1.807) is 0 Å². The Morgan fingerprint density at radius 2 is 1.84 bits per heavy atom. The zero-order valence-electron chi connectivity index (χ0n) is 13.1. The maximum absolute atomic E-state index is 5.89. The molecule has 0 atom stereocenters. The van der Waals surface area contributed by atoms with Crippen LogP contribution in [0.5, 0.6) is 5.75 Å². The first kappa shape index (κ1) is 16.0. The van der Waals surface area contributed by atoms with Crippen molar-refractivity contribution in [2.45, 2.75) is 59.5 Å². The molecule has 19 heavy (non-hydrogen) atoms. The minimum absolute atomic E-state index is 0.145. The molecular weight excluding hydrogens is 234 g/mol. The molecule has 1 N–H and O–H groups in total. The van der Waals surface area contributed by atoms with Crippen molar-refractivity contribution in [3.05, 3.63) is 29.8 Å². The highest BCUT2D eigenvalue weighted by Gasteiger charge is 2.09. The van der Waals surface area contributed by atoms with Crippen LogP contribution in [0.2, 0.25) is 0 Å². The van der Waals surface area contributed by atoms with Gasteiger partial charge in [0.2, 0.25) is 0 Å². The first-order valence-corrected chi connectivity index (χ1v) is 7.41. The molecule has 0 aromatic heterocycles. The molecule has 0 bridgehead atoms. The lowest BCUT2D eigenvalue weighted by Crippen LogP contribution is -2.35. The minimum Gasteiger partial charge on any atom is -0.493 e. The van der Waals surface area contributed by atoms with Crippen LogP contribution in [-0.2, 0) is 6.54 Å². The number of hydrogen-bond donors (Lipinski definition) is 1. The fraction of sp³-hybridized carbons (Fsp3) is 0.647. The van der Waals surface area contributed by atoms with E-state index < -0.39 is 0 Å². The van der Waals surface area contributed by atoms with Gasteiger partial charge in [0.05, 0.1) is 6.61 Å². The van der Waals surface area contributed by atoms with Crippen molar-refractivity contribution in [1.29, 1.82) is 0 Å². The van der Waals surface area contributed by atoms with Crippen molar-refractivity contribution in [2.24, 2.45) is 5.92 Å². The van der Waals surface area contributed by atoms with Crippen LogP contribution in [-0.4, -0.2) is 12.1 Å². The second-order valence-electron chi connectivity index (χ2n) is 6.24. The van der Waals surface area contributed by atoms with E-state index >= 15 is 0 Å². The van der Waals surface area contributed by atoms with E-state index in [4.69, 9.17) is 4.74 Å². The summed E-state index contributed by atoms with van der Waals surface area (Å²) in [6, 6.07) is 8.40. The van der Waals surface area contributed by atoms with E-state index in [-0.39, 0.29) is 5.54 Å². The predicted molar refractivity (Wildman–Crippen MR) is 82.6 cm³/mol. The van der Waals surface area contributed by atoms with Crippen molar-refractivity contribution in [2.75, 3.05) is 6.61 Å². The Balaban J connectivity index is 2.52. The molecule has 2 nitrogen and oxygen atoms in total. The predicted octanol–water partition coefficient (Wildman–Crippen LogP) is 4.39. The molecule has 0 heterocycles. The molecule has 2 heteroatoms. The first-order chi connectivity index (χ1) is 8.94. The van der Waals surface area contributed by atoms with Crippen LogP contribution in [0.15, 0.2) is 24.3 Å². The van der Waals surface area contributed by atoms with Gasteiger partial charge in [0, 0.05) is 12.1 Å². The van der Waals surface area contributed by atoms with Crippen LogP contribution in [0.25, 0.3) is 0 Å². The summed E-state index contributed by atoms with van der Waals surface area (Å²) in [4.78, 5) is 0. The van der Waals surface area contributed by atoms with E-state index in [2.05, 4.69) is 58.1 Å². The Hall–Kier alpha value is -1.02. The lowest BCUT2D eigenvalue weighted by Gasteiger charge is -2.21.